The van der Waals surface area contributed by atoms with Crippen LogP contribution in [0.15, 0.2) is 72.8 Å². The Labute approximate surface area is 231 Å². The summed E-state index contributed by atoms with van der Waals surface area (Å²) in [5.74, 6) is -2.56. The zero-order valence-electron chi connectivity index (χ0n) is 21.6. The first-order valence-electron chi connectivity index (χ1n) is 12.7. The van der Waals surface area contributed by atoms with Crippen LogP contribution in [0.3, 0.4) is 0 Å². The second-order valence-electron chi connectivity index (χ2n) is 9.84. The van der Waals surface area contributed by atoms with Crippen molar-refractivity contribution in [2.45, 2.75) is 24.3 Å². The zero-order valence-corrected chi connectivity index (χ0v) is 22.4. The van der Waals surface area contributed by atoms with Crippen LogP contribution >= 0.6 is 0 Å². The van der Waals surface area contributed by atoms with Crippen molar-refractivity contribution in [3.8, 4) is 11.1 Å². The van der Waals surface area contributed by atoms with E-state index in [0.29, 0.717) is 5.69 Å². The second-order valence-corrected chi connectivity index (χ2v) is 11.6. The average Bonchev–Trinajstić information content (AvgIpc) is 3.41. The van der Waals surface area contributed by atoms with E-state index in [2.05, 4.69) is 5.32 Å². The van der Waals surface area contributed by atoms with E-state index in [1.54, 1.807) is 35.1 Å². The van der Waals surface area contributed by atoms with Crippen LogP contribution in [0.1, 0.15) is 34.9 Å². The van der Waals surface area contributed by atoms with Gasteiger partial charge in [-0.1, -0.05) is 66.7 Å². The largest absolute Gasteiger partial charge is 0.480 e. The van der Waals surface area contributed by atoms with Gasteiger partial charge in [-0.25, -0.2) is 22.7 Å². The Bertz CT molecular complexity index is 1590. The monoisotopic (exact) mass is 562 g/mol. The molecule has 3 aromatic rings. The molecule has 1 aliphatic heterocycles. The van der Waals surface area contributed by atoms with Crippen LogP contribution in [0, 0.1) is 0 Å². The van der Waals surface area contributed by atoms with Crippen molar-refractivity contribution in [1.82, 2.24) is 10.0 Å². The molecule has 0 spiro atoms. The van der Waals surface area contributed by atoms with E-state index in [0.717, 1.165) is 34.1 Å². The number of hydrogen-bond acceptors (Lipinski definition) is 6. The minimum Gasteiger partial charge on any atom is -0.480 e. The number of rotatable bonds is 9. The number of carbonyl (C=O) groups is 3. The lowest BCUT2D eigenvalue weighted by atomic mass is 9.94. The fourth-order valence-corrected chi connectivity index (χ4v) is 5.90. The number of carbonyl (C=O) groups excluding carboxylic acids is 2. The van der Waals surface area contributed by atoms with Crippen LogP contribution in [-0.4, -0.2) is 67.7 Å². The summed E-state index contributed by atoms with van der Waals surface area (Å²) in [6.07, 6.45) is 1.72. The van der Waals surface area contributed by atoms with E-state index in [4.69, 9.17) is 4.74 Å². The van der Waals surface area contributed by atoms with E-state index in [-0.39, 0.29) is 25.5 Å². The third-order valence-corrected chi connectivity index (χ3v) is 7.64. The molecule has 0 radical (unpaired) electrons. The predicted molar refractivity (Wildman–Crippen MR) is 147 cm³/mol. The maximum atomic E-state index is 12.8. The van der Waals surface area contributed by atoms with Crippen LogP contribution in [0.4, 0.5) is 10.5 Å². The first-order valence-corrected chi connectivity index (χ1v) is 14.6. The molecule has 3 N–H and O–H groups in total. The number of nitrogens with zero attached hydrogens (tertiary/aromatic N) is 1. The molecule has 0 saturated heterocycles. The van der Waals surface area contributed by atoms with Gasteiger partial charge in [0.05, 0.1) is 12.2 Å². The number of benzene rings is 3. The molecule has 1 unspecified atom stereocenters. The maximum Gasteiger partial charge on any atom is 0.407 e. The number of hydrogen-bond donors (Lipinski definition) is 3. The summed E-state index contributed by atoms with van der Waals surface area (Å²) in [5.41, 5.74) is 5.67. The number of sulfonamides is 1. The van der Waals surface area contributed by atoms with Crippen molar-refractivity contribution >= 4 is 39.9 Å². The van der Waals surface area contributed by atoms with E-state index in [1.807, 2.05) is 53.3 Å². The van der Waals surface area contributed by atoms with Gasteiger partial charge in [0.2, 0.25) is 22.3 Å². The van der Waals surface area contributed by atoms with Crippen molar-refractivity contribution in [3.63, 3.8) is 0 Å². The minimum absolute atomic E-state index is 0.000732. The Kier molecular flexibility index (Phi) is 7.40. The lowest BCUT2D eigenvalue weighted by Crippen LogP contribution is -2.42. The summed E-state index contributed by atoms with van der Waals surface area (Å²) in [4.78, 5) is 37.1. The number of aliphatic carboxylic acids is 1. The van der Waals surface area contributed by atoms with Gasteiger partial charge < -0.3 is 15.2 Å². The standard InChI is InChI=1S/C29H27N3O7S/c1-40(37,38)31-27(33)16-32-15-18(19-8-6-7-13-26(19)32)14-25(28(34)35)30-29(36)39-17-24-22-11-4-2-9-20(22)21-10-3-5-12-23(21)24/h2-13,15,18,24-25H,14,16-17H2,1H3,(H2-,30,31,33,34,35,36)/p+1/t18?,25-/m0/s1. The summed E-state index contributed by atoms with van der Waals surface area (Å²) in [6.45, 7) is -0.216. The van der Waals surface area contributed by atoms with Gasteiger partial charge in [-0.15, -0.1) is 0 Å². The number of alkyl carbamates (subject to hydrolysis) is 1. The Morgan fingerprint density at radius 1 is 0.925 bits per heavy atom. The van der Waals surface area contributed by atoms with Crippen molar-refractivity contribution < 1.29 is 37.2 Å². The van der Waals surface area contributed by atoms with Crippen molar-refractivity contribution in [3.05, 3.63) is 89.5 Å². The molecule has 2 aliphatic rings. The zero-order chi connectivity index (χ0) is 28.4. The first-order chi connectivity index (χ1) is 19.1. The summed E-state index contributed by atoms with van der Waals surface area (Å²) in [6, 6.07) is 21.7. The number of carboxylic acids is 1. The van der Waals surface area contributed by atoms with Gasteiger partial charge >= 0.3 is 12.1 Å². The van der Waals surface area contributed by atoms with Gasteiger partial charge in [-0.3, -0.25) is 4.79 Å². The van der Waals surface area contributed by atoms with Gasteiger partial charge in [0.15, 0.2) is 6.21 Å². The topological polar surface area (TPSA) is 142 Å². The third-order valence-electron chi connectivity index (χ3n) is 7.04. The fourth-order valence-electron chi connectivity index (χ4n) is 5.42. The summed E-state index contributed by atoms with van der Waals surface area (Å²) in [7, 11) is -3.72. The molecule has 0 fully saturated rings. The first kappa shape index (κ1) is 27.1. The highest BCUT2D eigenvalue weighted by Crippen LogP contribution is 2.44. The average molecular weight is 563 g/mol. The van der Waals surface area contributed by atoms with Gasteiger partial charge in [0.25, 0.3) is 5.91 Å². The SMILES string of the molecule is CS(=O)(=O)NC(=O)C[N+]1=CC(C[C@H](NC(=O)OCC2c3ccccc3-c3ccccc32)C(=O)O)c2ccccc21. The smallest absolute Gasteiger partial charge is 0.407 e. The molecule has 10 nitrogen and oxygen atoms in total. The number of nitrogens with one attached hydrogen (secondary N) is 2. The minimum atomic E-state index is -3.72. The predicted octanol–water partition coefficient (Wildman–Crippen LogP) is 2.96. The molecular weight excluding hydrogens is 534 g/mol. The van der Waals surface area contributed by atoms with Crippen LogP contribution < -0.4 is 10.0 Å². The molecule has 2 atom stereocenters. The van der Waals surface area contributed by atoms with Crippen LogP contribution in [0.2, 0.25) is 0 Å². The molecule has 1 aliphatic carbocycles. The van der Waals surface area contributed by atoms with Crippen LogP contribution in [-0.2, 0) is 24.3 Å². The number of para-hydroxylation sites is 1. The van der Waals surface area contributed by atoms with Gasteiger partial charge in [-0.2, -0.15) is 4.58 Å². The number of fused-ring (bicyclic) bond motifs is 4. The lowest BCUT2D eigenvalue weighted by molar-refractivity contribution is -0.420. The molecule has 2 amide bonds. The molecule has 0 saturated carbocycles. The molecule has 0 aromatic heterocycles. The maximum absolute atomic E-state index is 12.8. The van der Waals surface area contributed by atoms with Crippen LogP contribution in [0.25, 0.3) is 11.1 Å². The van der Waals surface area contributed by atoms with E-state index < -0.39 is 40.0 Å². The molecule has 11 heteroatoms. The molecule has 1 heterocycles. The normalized spacial score (nSPS) is 16.2. The number of amides is 2. The Balaban J connectivity index is 1.27. The lowest BCUT2D eigenvalue weighted by Gasteiger charge is -2.18. The fraction of sp³-hybridized carbons (Fsp3) is 0.241. The molecule has 206 valence electrons. The van der Waals surface area contributed by atoms with Gasteiger partial charge in [0, 0.05) is 17.5 Å². The van der Waals surface area contributed by atoms with E-state index >= 15 is 0 Å². The summed E-state index contributed by atoms with van der Waals surface area (Å²) < 4.78 is 31.9. The Hall–Kier alpha value is -4.51. The van der Waals surface area contributed by atoms with Gasteiger partial charge in [-0.05, 0) is 28.7 Å². The molecule has 5 rings (SSSR count). The highest BCUT2D eigenvalue weighted by molar-refractivity contribution is 7.89. The highest BCUT2D eigenvalue weighted by Gasteiger charge is 2.36. The van der Waals surface area contributed by atoms with Gasteiger partial charge in [0.1, 0.15) is 12.6 Å². The van der Waals surface area contributed by atoms with Crippen LogP contribution in [0.5, 0.6) is 0 Å². The van der Waals surface area contributed by atoms with Crippen molar-refractivity contribution in [2.24, 2.45) is 0 Å². The van der Waals surface area contributed by atoms with Crippen molar-refractivity contribution in [2.75, 3.05) is 19.4 Å². The summed E-state index contributed by atoms with van der Waals surface area (Å²) >= 11 is 0. The second kappa shape index (κ2) is 10.9. The van der Waals surface area contributed by atoms with E-state index in [1.165, 1.54) is 0 Å². The number of ether oxygens (including phenoxy) is 1. The molecule has 3 aromatic carbocycles. The quantitative estimate of drug-likeness (QED) is 0.341. The molecule has 0 bridgehead atoms. The summed E-state index contributed by atoms with van der Waals surface area (Å²) in [5, 5.41) is 12.4. The Morgan fingerprint density at radius 3 is 2.10 bits per heavy atom. The molecule has 40 heavy (non-hydrogen) atoms. The highest BCUT2D eigenvalue weighted by atomic mass is 32.2. The Morgan fingerprint density at radius 2 is 1.50 bits per heavy atom. The third kappa shape index (κ3) is 5.74. The van der Waals surface area contributed by atoms with E-state index in [9.17, 15) is 27.9 Å². The van der Waals surface area contributed by atoms with Crippen molar-refractivity contribution in [1.29, 1.82) is 0 Å². The number of carboxylic acid groups (broad SMARTS) is 1. The molecular formula is C29H28N3O7S+.